The van der Waals surface area contributed by atoms with Crippen molar-refractivity contribution in [1.29, 1.82) is 0 Å². The number of anilines is 1. The zero-order valence-electron chi connectivity index (χ0n) is 28.1. The van der Waals surface area contributed by atoms with Gasteiger partial charge in [-0.25, -0.2) is 0 Å². The smallest absolute Gasteiger partial charge is 0.264 e. The van der Waals surface area contributed by atoms with E-state index < -0.39 is 29.7 Å². The molecule has 1 fully saturated rings. The number of piperidine rings is 1. The van der Waals surface area contributed by atoms with Gasteiger partial charge in [0.2, 0.25) is 17.7 Å². The van der Waals surface area contributed by atoms with E-state index in [1.807, 2.05) is 0 Å². The van der Waals surface area contributed by atoms with Gasteiger partial charge >= 0.3 is 0 Å². The highest BCUT2D eigenvalue weighted by atomic mass is 16.6. The van der Waals surface area contributed by atoms with Crippen LogP contribution in [0.15, 0.2) is 18.2 Å². The number of nitrogens with zero attached hydrogens (tertiary/aromatic N) is 1. The van der Waals surface area contributed by atoms with Crippen molar-refractivity contribution >= 4 is 35.2 Å². The predicted octanol–water partition coefficient (Wildman–Crippen LogP) is 2.88. The van der Waals surface area contributed by atoms with Gasteiger partial charge in [0.25, 0.3) is 11.8 Å². The number of unbranched alkanes of at least 4 members (excludes halogenated alkanes) is 4. The van der Waals surface area contributed by atoms with Gasteiger partial charge in [0.1, 0.15) is 6.04 Å². The molecular weight excluding hydrogens is 626 g/mol. The number of imide groups is 2. The van der Waals surface area contributed by atoms with Crippen LogP contribution in [0.1, 0.15) is 85.4 Å². The first-order valence-corrected chi connectivity index (χ1v) is 17.0. The average molecular weight is 678 g/mol. The first kappa shape index (κ1) is 39.2. The number of carbonyl (C=O) groups excluding carboxylic acids is 5. The molecule has 3 rings (SSSR count). The lowest BCUT2D eigenvalue weighted by molar-refractivity contribution is -0.136. The molecule has 2 heterocycles. The lowest BCUT2D eigenvalue weighted by Gasteiger charge is -2.27. The minimum absolute atomic E-state index is 0.0345. The van der Waals surface area contributed by atoms with Crippen LogP contribution in [0.3, 0.4) is 0 Å². The van der Waals surface area contributed by atoms with Crippen LogP contribution < -0.4 is 10.6 Å². The Kier molecular flexibility index (Phi) is 18.9. The molecule has 1 saturated heterocycles. The third-order valence-electron chi connectivity index (χ3n) is 7.69. The fourth-order valence-electron chi connectivity index (χ4n) is 5.15. The van der Waals surface area contributed by atoms with Crippen molar-refractivity contribution in [3.05, 3.63) is 29.3 Å². The van der Waals surface area contributed by atoms with Crippen LogP contribution in [0.5, 0.6) is 0 Å². The van der Waals surface area contributed by atoms with Crippen molar-refractivity contribution in [2.45, 2.75) is 70.8 Å². The first-order chi connectivity index (χ1) is 23.4. The topological polar surface area (TPSA) is 168 Å². The summed E-state index contributed by atoms with van der Waals surface area (Å²) in [5.74, 6) is -2.68. The molecule has 1 aromatic rings. The van der Waals surface area contributed by atoms with Crippen molar-refractivity contribution in [3.8, 4) is 0 Å². The highest BCUT2D eigenvalue weighted by Gasteiger charge is 2.45. The summed E-state index contributed by atoms with van der Waals surface area (Å²) in [6, 6.07) is 3.55. The molecule has 48 heavy (non-hydrogen) atoms. The third kappa shape index (κ3) is 13.7. The van der Waals surface area contributed by atoms with Gasteiger partial charge in [-0.05, 0) is 37.8 Å². The molecule has 0 aliphatic carbocycles. The van der Waals surface area contributed by atoms with Crippen LogP contribution in [0.25, 0.3) is 0 Å². The standard InChI is InChI=1S/C34H51N3O11/c1-2-3-6-14-43-16-18-45-20-22-47-24-25-48-23-21-46-19-17-44-15-7-4-5-11-29(38)35-27-10-8-9-26-31(27)34(42)37(33(26)41)28-12-13-30(39)36-32(28)40/h8-10,28H,2-7,11-25H2,1H3,(H,35,38)(H,36,39,40). The molecule has 0 aromatic heterocycles. The number of ether oxygens (including phenoxy) is 6. The molecule has 0 radical (unpaired) electrons. The van der Waals surface area contributed by atoms with E-state index in [2.05, 4.69) is 17.6 Å². The first-order valence-electron chi connectivity index (χ1n) is 17.0. The van der Waals surface area contributed by atoms with E-state index >= 15 is 0 Å². The van der Waals surface area contributed by atoms with Gasteiger partial charge in [0, 0.05) is 26.1 Å². The number of rotatable bonds is 27. The molecule has 2 N–H and O–H groups in total. The molecule has 1 aromatic carbocycles. The number of amides is 5. The predicted molar refractivity (Wildman–Crippen MR) is 175 cm³/mol. The van der Waals surface area contributed by atoms with Crippen molar-refractivity contribution in [2.24, 2.45) is 0 Å². The summed E-state index contributed by atoms with van der Waals surface area (Å²) in [5.41, 5.74) is 0.403. The van der Waals surface area contributed by atoms with Crippen molar-refractivity contribution in [2.75, 3.05) is 84.6 Å². The number of hydrogen-bond acceptors (Lipinski definition) is 11. The van der Waals surface area contributed by atoms with Gasteiger partial charge in [-0.2, -0.15) is 0 Å². The minimum Gasteiger partial charge on any atom is -0.379 e. The number of fused-ring (bicyclic) bond motifs is 1. The van der Waals surface area contributed by atoms with Crippen LogP contribution in [0, 0.1) is 0 Å². The highest BCUT2D eigenvalue weighted by molar-refractivity contribution is 6.26. The fourth-order valence-corrected chi connectivity index (χ4v) is 5.15. The van der Waals surface area contributed by atoms with Gasteiger partial charge in [0.05, 0.1) is 82.9 Å². The monoisotopic (exact) mass is 677 g/mol. The summed E-state index contributed by atoms with van der Waals surface area (Å²) in [5, 5.41) is 4.91. The lowest BCUT2D eigenvalue weighted by atomic mass is 10.0. The maximum absolute atomic E-state index is 13.2. The van der Waals surface area contributed by atoms with Gasteiger partial charge in [-0.1, -0.05) is 32.3 Å². The second kappa shape index (κ2) is 23.1. The summed E-state index contributed by atoms with van der Waals surface area (Å²) < 4.78 is 33.0. The van der Waals surface area contributed by atoms with Gasteiger partial charge in [-0.3, -0.25) is 34.2 Å². The van der Waals surface area contributed by atoms with Crippen molar-refractivity contribution < 1.29 is 52.4 Å². The molecular formula is C34H51N3O11. The normalized spacial score (nSPS) is 16.0. The molecule has 2 aliphatic heterocycles. The van der Waals surface area contributed by atoms with E-state index in [1.54, 1.807) is 12.1 Å². The van der Waals surface area contributed by atoms with Gasteiger partial charge in [-0.15, -0.1) is 0 Å². The Morgan fingerprint density at radius 2 is 1.27 bits per heavy atom. The summed E-state index contributed by atoms with van der Waals surface area (Å²) in [4.78, 5) is 63.4. The molecule has 2 aliphatic rings. The summed E-state index contributed by atoms with van der Waals surface area (Å²) in [6.45, 7) is 8.65. The molecule has 5 amide bonds. The lowest BCUT2D eigenvalue weighted by Crippen LogP contribution is -2.54. The third-order valence-corrected chi connectivity index (χ3v) is 7.69. The summed E-state index contributed by atoms with van der Waals surface area (Å²) >= 11 is 0. The largest absolute Gasteiger partial charge is 0.379 e. The molecule has 0 bridgehead atoms. The van der Waals surface area contributed by atoms with Gasteiger partial charge < -0.3 is 33.7 Å². The molecule has 268 valence electrons. The summed E-state index contributed by atoms with van der Waals surface area (Å²) in [7, 11) is 0. The highest BCUT2D eigenvalue weighted by Crippen LogP contribution is 2.32. The minimum atomic E-state index is -1.07. The second-order valence-electron chi connectivity index (χ2n) is 11.4. The molecule has 0 spiro atoms. The second-order valence-corrected chi connectivity index (χ2v) is 11.4. The van der Waals surface area contributed by atoms with E-state index in [9.17, 15) is 24.0 Å². The Morgan fingerprint density at radius 3 is 1.81 bits per heavy atom. The van der Waals surface area contributed by atoms with Crippen molar-refractivity contribution in [3.63, 3.8) is 0 Å². The van der Waals surface area contributed by atoms with Crippen LogP contribution in [0.4, 0.5) is 5.69 Å². The van der Waals surface area contributed by atoms with Crippen molar-refractivity contribution in [1.82, 2.24) is 10.2 Å². The maximum Gasteiger partial charge on any atom is 0.264 e. The van der Waals surface area contributed by atoms with Crippen LogP contribution >= 0.6 is 0 Å². The fraction of sp³-hybridized carbons (Fsp3) is 0.676. The zero-order chi connectivity index (χ0) is 34.4. The average Bonchev–Trinajstić information content (AvgIpc) is 3.32. The van der Waals surface area contributed by atoms with E-state index in [0.717, 1.165) is 30.8 Å². The molecule has 1 atom stereocenters. The Balaban J connectivity index is 1.13. The number of hydrogen-bond donors (Lipinski definition) is 2. The summed E-state index contributed by atoms with van der Waals surface area (Å²) in [6.07, 6.45) is 6.00. The number of carbonyl (C=O) groups is 5. The van der Waals surface area contributed by atoms with Crippen LogP contribution in [-0.4, -0.2) is 120 Å². The Bertz CT molecular complexity index is 1180. The number of nitrogens with one attached hydrogen (secondary N) is 2. The quantitative estimate of drug-likeness (QED) is 0.104. The number of benzene rings is 1. The van der Waals surface area contributed by atoms with Crippen LogP contribution in [-0.2, 0) is 42.8 Å². The van der Waals surface area contributed by atoms with E-state index in [4.69, 9.17) is 28.4 Å². The Labute approximate surface area is 282 Å². The molecule has 1 unspecified atom stereocenters. The zero-order valence-corrected chi connectivity index (χ0v) is 28.1. The van der Waals surface area contributed by atoms with Gasteiger partial charge in [0.15, 0.2) is 0 Å². The van der Waals surface area contributed by atoms with E-state index in [1.165, 1.54) is 18.9 Å². The SMILES string of the molecule is CCCCCOCCOCCOCCOCCOCCOCCCCCC(=O)Nc1cccc2c1C(=O)N(C1CCC(=O)NC1=O)C2=O. The molecule has 0 saturated carbocycles. The Morgan fingerprint density at radius 1 is 0.729 bits per heavy atom. The molecule has 14 heteroatoms. The Hall–Kier alpha value is -3.27. The maximum atomic E-state index is 13.2. The molecule has 14 nitrogen and oxygen atoms in total. The van der Waals surface area contributed by atoms with E-state index in [-0.39, 0.29) is 42.0 Å². The van der Waals surface area contributed by atoms with Crippen LogP contribution in [0.2, 0.25) is 0 Å². The van der Waals surface area contributed by atoms with E-state index in [0.29, 0.717) is 79.1 Å².